The van der Waals surface area contributed by atoms with Crippen LogP contribution in [0.25, 0.3) is 0 Å². The van der Waals surface area contributed by atoms with Crippen LogP contribution in [0.15, 0.2) is 0 Å². The quantitative estimate of drug-likeness (QED) is 0.356. The van der Waals surface area contributed by atoms with Crippen LogP contribution in [0.4, 0.5) is 0 Å². The molecule has 1 fully saturated rings. The molecular formula is C9H12O3. The lowest BCUT2D eigenvalue weighted by Crippen LogP contribution is -1.89. The fourth-order valence-corrected chi connectivity index (χ4v) is 0.342. The van der Waals surface area contributed by atoms with Gasteiger partial charge in [-0.05, 0) is 0 Å². The monoisotopic (exact) mass is 168 g/mol. The minimum absolute atomic E-state index is 0.190. The molecule has 0 aromatic rings. The van der Waals surface area contributed by atoms with Crippen molar-refractivity contribution in [3.63, 3.8) is 0 Å². The van der Waals surface area contributed by atoms with Crippen LogP contribution in [0.2, 0.25) is 0 Å². The molecule has 1 atom stereocenters. The highest BCUT2D eigenvalue weighted by Gasteiger charge is 2.19. The van der Waals surface area contributed by atoms with Gasteiger partial charge in [-0.25, -0.2) is 0 Å². The van der Waals surface area contributed by atoms with Gasteiger partial charge in [0.25, 0.3) is 0 Å². The Balaban J connectivity index is 0.000000211. The first kappa shape index (κ1) is 11.0. The molecule has 0 aromatic carbocycles. The topological polar surface area (TPSA) is 42.0 Å². The predicted octanol–water partition coefficient (Wildman–Crippen LogP) is -0.353. The largest absolute Gasteiger partial charge is 0.394 e. The fourth-order valence-electron chi connectivity index (χ4n) is 0.342. The lowest BCUT2D eigenvalue weighted by Gasteiger charge is -1.86. The molecule has 0 spiro atoms. The minimum Gasteiger partial charge on any atom is -0.394 e. The number of ether oxygens (including phenoxy) is 2. The Morgan fingerprint density at radius 2 is 1.92 bits per heavy atom. The number of aliphatic hydroxyl groups excluding tert-OH is 1. The van der Waals surface area contributed by atoms with Crippen LogP contribution in [0.1, 0.15) is 0 Å². The van der Waals surface area contributed by atoms with Crippen molar-refractivity contribution in [2.75, 3.05) is 26.4 Å². The van der Waals surface area contributed by atoms with Gasteiger partial charge in [-0.3, -0.25) is 0 Å². The highest BCUT2D eigenvalue weighted by Crippen LogP contribution is 2.04. The average Bonchev–Trinajstić information content (AvgIpc) is 2.89. The summed E-state index contributed by atoms with van der Waals surface area (Å²) in [6.07, 6.45) is 9.84. The predicted molar refractivity (Wildman–Crippen MR) is 45.3 cm³/mol. The van der Waals surface area contributed by atoms with Crippen molar-refractivity contribution in [2.45, 2.75) is 6.10 Å². The van der Waals surface area contributed by atoms with Gasteiger partial charge in [0, 0.05) is 0 Å². The normalized spacial score (nSPS) is 18.1. The van der Waals surface area contributed by atoms with Gasteiger partial charge in [-0.2, -0.15) is 0 Å². The Kier molecular flexibility index (Phi) is 7.42. The number of aliphatic hydroxyl groups is 1. The van der Waals surface area contributed by atoms with Crippen LogP contribution in [-0.2, 0) is 9.47 Å². The van der Waals surface area contributed by atoms with Gasteiger partial charge in [0.2, 0.25) is 0 Å². The van der Waals surface area contributed by atoms with Gasteiger partial charge < -0.3 is 14.6 Å². The maximum absolute atomic E-state index is 8.08. The number of hydrogen-bond acceptors (Lipinski definition) is 3. The Labute approximate surface area is 72.7 Å². The second-order valence-electron chi connectivity index (χ2n) is 2.04. The van der Waals surface area contributed by atoms with Crippen LogP contribution in [0.5, 0.6) is 0 Å². The average molecular weight is 168 g/mol. The molecule has 0 radical (unpaired) electrons. The van der Waals surface area contributed by atoms with Crippen molar-refractivity contribution in [2.24, 2.45) is 0 Å². The summed E-state index contributed by atoms with van der Waals surface area (Å²) in [7, 11) is 0. The van der Waals surface area contributed by atoms with Gasteiger partial charge >= 0.3 is 0 Å². The van der Waals surface area contributed by atoms with Crippen molar-refractivity contribution >= 4 is 0 Å². The first-order valence-electron chi connectivity index (χ1n) is 3.52. The molecule has 1 unspecified atom stereocenters. The zero-order chi connectivity index (χ0) is 9.23. The number of rotatable bonds is 3. The molecule has 12 heavy (non-hydrogen) atoms. The van der Waals surface area contributed by atoms with Crippen molar-refractivity contribution in [3.8, 4) is 24.7 Å². The van der Waals surface area contributed by atoms with E-state index < -0.39 is 0 Å². The molecule has 3 heteroatoms. The molecule has 0 aliphatic carbocycles. The Morgan fingerprint density at radius 1 is 1.42 bits per heavy atom. The van der Waals surface area contributed by atoms with E-state index in [2.05, 4.69) is 21.3 Å². The second-order valence-corrected chi connectivity index (χ2v) is 2.04. The van der Waals surface area contributed by atoms with E-state index in [0.29, 0.717) is 13.2 Å². The molecule has 66 valence electrons. The fraction of sp³-hybridized carbons (Fsp3) is 0.556. The van der Waals surface area contributed by atoms with Crippen molar-refractivity contribution in [1.29, 1.82) is 0 Å². The van der Waals surface area contributed by atoms with Gasteiger partial charge in [-0.15, -0.1) is 12.8 Å². The third-order valence-corrected chi connectivity index (χ3v) is 0.977. The molecular weight excluding hydrogens is 156 g/mol. The third-order valence-electron chi connectivity index (χ3n) is 0.977. The van der Waals surface area contributed by atoms with Gasteiger partial charge in [-0.1, -0.05) is 11.8 Å². The molecule has 0 bridgehead atoms. The molecule has 1 heterocycles. The maximum Gasteiger partial charge on any atom is 0.108 e. The number of epoxide rings is 1. The van der Waals surface area contributed by atoms with E-state index in [1.165, 1.54) is 0 Å². The van der Waals surface area contributed by atoms with Crippen LogP contribution in [-0.4, -0.2) is 37.6 Å². The molecule has 1 rings (SSSR count). The van der Waals surface area contributed by atoms with Crippen LogP contribution in [0.3, 0.4) is 0 Å². The van der Waals surface area contributed by atoms with Crippen LogP contribution >= 0.6 is 0 Å². The molecule has 3 nitrogen and oxygen atoms in total. The Morgan fingerprint density at radius 3 is 2.08 bits per heavy atom. The van der Waals surface area contributed by atoms with E-state index in [9.17, 15) is 0 Å². The van der Waals surface area contributed by atoms with Crippen LogP contribution in [0, 0.1) is 24.7 Å². The van der Waals surface area contributed by atoms with Crippen molar-refractivity contribution in [1.82, 2.24) is 0 Å². The molecule has 0 amide bonds. The van der Waals surface area contributed by atoms with Gasteiger partial charge in [0.1, 0.15) is 19.3 Å². The zero-order valence-corrected chi connectivity index (χ0v) is 6.82. The summed E-state index contributed by atoms with van der Waals surface area (Å²) in [5.74, 6) is 4.57. The summed E-state index contributed by atoms with van der Waals surface area (Å²) in [6.45, 7) is 1.57. The third kappa shape index (κ3) is 9.00. The van der Waals surface area contributed by atoms with E-state index in [-0.39, 0.29) is 12.7 Å². The summed E-state index contributed by atoms with van der Waals surface area (Å²) in [4.78, 5) is 0. The molecule has 1 saturated heterocycles. The summed E-state index contributed by atoms with van der Waals surface area (Å²) in [6, 6.07) is 0. The Hall–Kier alpha value is -1.00. The van der Waals surface area contributed by atoms with Gasteiger partial charge in [0.15, 0.2) is 0 Å². The van der Waals surface area contributed by atoms with Crippen LogP contribution < -0.4 is 0 Å². The standard InChI is InChI=1S/C6H6O.C3H6O2/c1-3-5-7-6-4-2;4-1-3-2-5-3/h1-2H,5-6H2;3-4H,1-2H2. The van der Waals surface area contributed by atoms with Gasteiger partial charge in [0.05, 0.1) is 13.2 Å². The van der Waals surface area contributed by atoms with Crippen molar-refractivity contribution in [3.05, 3.63) is 0 Å². The summed E-state index contributed by atoms with van der Waals surface area (Å²) in [5.41, 5.74) is 0. The Bertz CT molecular complexity index is 157. The lowest BCUT2D eigenvalue weighted by molar-refractivity contribution is 0.205. The van der Waals surface area contributed by atoms with Crippen molar-refractivity contribution < 1.29 is 14.6 Å². The highest BCUT2D eigenvalue weighted by atomic mass is 16.6. The zero-order valence-electron chi connectivity index (χ0n) is 6.82. The minimum atomic E-state index is 0.190. The maximum atomic E-state index is 8.08. The number of hydrogen-bond donors (Lipinski definition) is 1. The summed E-state index contributed by atoms with van der Waals surface area (Å²) < 4.78 is 9.27. The SMILES string of the molecule is C#CCOCC#C.OCC1CO1. The summed E-state index contributed by atoms with van der Waals surface area (Å²) >= 11 is 0. The van der Waals surface area contributed by atoms with E-state index in [1.807, 2.05) is 0 Å². The molecule has 0 saturated carbocycles. The highest BCUT2D eigenvalue weighted by molar-refractivity contribution is 4.87. The molecule has 1 N–H and O–H groups in total. The molecule has 0 aromatic heterocycles. The second kappa shape index (κ2) is 8.10. The first-order valence-corrected chi connectivity index (χ1v) is 3.52. The molecule has 1 aliphatic heterocycles. The van der Waals surface area contributed by atoms with E-state index >= 15 is 0 Å². The smallest absolute Gasteiger partial charge is 0.108 e. The van der Waals surface area contributed by atoms with E-state index in [0.717, 1.165) is 6.61 Å². The van der Waals surface area contributed by atoms with E-state index in [1.54, 1.807) is 0 Å². The van der Waals surface area contributed by atoms with E-state index in [4.69, 9.17) is 18.0 Å². The number of terminal acetylenes is 2. The first-order chi connectivity index (χ1) is 5.85. The summed E-state index contributed by atoms with van der Waals surface area (Å²) in [5, 5.41) is 8.08. The lowest BCUT2D eigenvalue weighted by atomic mass is 10.5. The molecule has 1 aliphatic rings.